The molecule has 0 saturated carbocycles. The Hall–Kier alpha value is -4.27. The monoisotopic (exact) mass is 588 g/mol. The summed E-state index contributed by atoms with van der Waals surface area (Å²) in [5.74, 6) is 2.16. The normalized spacial score (nSPS) is 10.8. The van der Waals surface area contributed by atoms with E-state index in [0.29, 0.717) is 43.2 Å². The first-order valence-corrected chi connectivity index (χ1v) is 15.3. The standard InChI is InChI=1S/C32H34N2O5S.C2H6/c1-4-30-31(33-40(35,36)29-15-6-5-7-16-29)17-10-18-32(30)39-20-19-34(23-25-11-8-13-27(21-25)37-2)24-26-12-9-14-28(22-26)38-3;1-2/h4-18,21-22,33H,1,19-20,23-24H2,2-3H3;1-2H3. The van der Waals surface area contributed by atoms with E-state index in [2.05, 4.69) is 28.3 Å². The summed E-state index contributed by atoms with van der Waals surface area (Å²) in [6.45, 7) is 10.3. The third-order valence-electron chi connectivity index (χ3n) is 6.31. The van der Waals surface area contributed by atoms with E-state index in [-0.39, 0.29) is 4.90 Å². The van der Waals surface area contributed by atoms with Crippen molar-refractivity contribution in [3.05, 3.63) is 120 Å². The number of benzene rings is 4. The average molecular weight is 589 g/mol. The summed E-state index contributed by atoms with van der Waals surface area (Å²) in [4.78, 5) is 2.46. The highest BCUT2D eigenvalue weighted by Crippen LogP contribution is 2.30. The highest BCUT2D eigenvalue weighted by molar-refractivity contribution is 7.92. The van der Waals surface area contributed by atoms with Crippen LogP contribution in [0.1, 0.15) is 30.5 Å². The summed E-state index contributed by atoms with van der Waals surface area (Å²) in [5, 5.41) is 0. The summed E-state index contributed by atoms with van der Waals surface area (Å²) in [6.07, 6.45) is 1.60. The predicted molar refractivity (Wildman–Crippen MR) is 171 cm³/mol. The maximum absolute atomic E-state index is 12.9. The van der Waals surface area contributed by atoms with Gasteiger partial charge in [0.05, 0.1) is 24.8 Å². The first kappa shape index (κ1) is 32.2. The molecule has 0 spiro atoms. The lowest BCUT2D eigenvalue weighted by atomic mass is 10.1. The van der Waals surface area contributed by atoms with Gasteiger partial charge in [0.1, 0.15) is 23.9 Å². The van der Waals surface area contributed by atoms with Gasteiger partial charge in [0.25, 0.3) is 10.0 Å². The van der Waals surface area contributed by atoms with Crippen LogP contribution in [0.2, 0.25) is 0 Å². The molecule has 4 aromatic carbocycles. The lowest BCUT2D eigenvalue weighted by Gasteiger charge is -2.24. The van der Waals surface area contributed by atoms with Crippen molar-refractivity contribution in [1.29, 1.82) is 0 Å². The maximum atomic E-state index is 12.9. The van der Waals surface area contributed by atoms with Crippen LogP contribution in [-0.2, 0) is 23.1 Å². The zero-order valence-electron chi connectivity index (χ0n) is 24.7. The first-order valence-electron chi connectivity index (χ1n) is 13.9. The Labute approximate surface area is 250 Å². The minimum Gasteiger partial charge on any atom is -0.497 e. The molecule has 0 bridgehead atoms. The first-order chi connectivity index (χ1) is 20.4. The van der Waals surface area contributed by atoms with E-state index >= 15 is 0 Å². The van der Waals surface area contributed by atoms with Crippen LogP contribution >= 0.6 is 0 Å². The topological polar surface area (TPSA) is 77.1 Å². The molecule has 42 heavy (non-hydrogen) atoms. The summed E-state index contributed by atoms with van der Waals surface area (Å²) in [7, 11) is -0.442. The van der Waals surface area contributed by atoms with Crippen molar-refractivity contribution in [1.82, 2.24) is 4.90 Å². The molecule has 0 aromatic heterocycles. The molecule has 0 atom stereocenters. The van der Waals surface area contributed by atoms with Gasteiger partial charge in [-0.15, -0.1) is 0 Å². The SMILES string of the molecule is C=Cc1c(NS(=O)(=O)c2ccccc2)cccc1OCCN(Cc1cccc(OC)c1)Cc1cccc(OC)c1.CC. The number of nitrogens with one attached hydrogen (secondary N) is 1. The number of methoxy groups -OCH3 is 2. The molecule has 8 heteroatoms. The van der Waals surface area contributed by atoms with Gasteiger partial charge in [0.15, 0.2) is 0 Å². The maximum Gasteiger partial charge on any atom is 0.261 e. The van der Waals surface area contributed by atoms with Gasteiger partial charge in [-0.3, -0.25) is 9.62 Å². The second-order valence-electron chi connectivity index (χ2n) is 9.10. The summed E-state index contributed by atoms with van der Waals surface area (Å²) in [6, 6.07) is 29.5. The van der Waals surface area contributed by atoms with E-state index in [1.807, 2.05) is 56.3 Å². The van der Waals surface area contributed by atoms with Gasteiger partial charge in [-0.1, -0.05) is 75.0 Å². The minimum atomic E-state index is -3.76. The number of hydrogen-bond donors (Lipinski definition) is 1. The molecule has 0 aliphatic heterocycles. The van der Waals surface area contributed by atoms with Gasteiger partial charge in [-0.05, 0) is 59.7 Å². The van der Waals surface area contributed by atoms with Gasteiger partial charge in [0, 0.05) is 25.2 Å². The van der Waals surface area contributed by atoms with Crippen LogP contribution in [-0.4, -0.2) is 40.7 Å². The molecule has 0 amide bonds. The van der Waals surface area contributed by atoms with Crippen molar-refractivity contribution in [3.63, 3.8) is 0 Å². The average Bonchev–Trinajstić information content (AvgIpc) is 3.02. The van der Waals surface area contributed by atoms with Crippen molar-refractivity contribution in [2.24, 2.45) is 0 Å². The van der Waals surface area contributed by atoms with Gasteiger partial charge in [0.2, 0.25) is 0 Å². The summed E-state index contributed by atoms with van der Waals surface area (Å²) >= 11 is 0. The fraction of sp³-hybridized carbons (Fsp3) is 0.235. The lowest BCUT2D eigenvalue weighted by molar-refractivity contribution is 0.196. The third kappa shape index (κ3) is 9.12. The van der Waals surface area contributed by atoms with E-state index in [9.17, 15) is 8.42 Å². The molecule has 0 radical (unpaired) electrons. The third-order valence-corrected chi connectivity index (χ3v) is 7.70. The molecule has 0 heterocycles. The van der Waals surface area contributed by atoms with E-state index in [0.717, 1.165) is 22.6 Å². The van der Waals surface area contributed by atoms with Crippen LogP contribution in [0.5, 0.6) is 17.2 Å². The van der Waals surface area contributed by atoms with Crippen molar-refractivity contribution in [2.45, 2.75) is 31.8 Å². The Morgan fingerprint density at radius 1 is 0.786 bits per heavy atom. The molecule has 222 valence electrons. The van der Waals surface area contributed by atoms with Crippen molar-refractivity contribution in [2.75, 3.05) is 32.1 Å². The molecule has 0 fully saturated rings. The summed E-state index contributed by atoms with van der Waals surface area (Å²) < 4.78 is 45.5. The van der Waals surface area contributed by atoms with Crippen LogP contribution in [0.3, 0.4) is 0 Å². The molecule has 4 aromatic rings. The van der Waals surface area contributed by atoms with Crippen molar-refractivity contribution in [3.8, 4) is 17.2 Å². The van der Waals surface area contributed by atoms with Crippen LogP contribution in [0.4, 0.5) is 5.69 Å². The summed E-state index contributed by atoms with van der Waals surface area (Å²) in [5.41, 5.74) is 3.22. The number of sulfonamides is 1. The number of hydrogen-bond acceptors (Lipinski definition) is 6. The van der Waals surface area contributed by atoms with Crippen LogP contribution < -0.4 is 18.9 Å². The molecular formula is C34H40N2O5S. The molecule has 1 N–H and O–H groups in total. The Morgan fingerprint density at radius 3 is 1.90 bits per heavy atom. The van der Waals surface area contributed by atoms with Crippen LogP contribution in [0.25, 0.3) is 6.08 Å². The molecule has 0 aliphatic carbocycles. The molecule has 0 aliphatic rings. The Kier molecular flexibility index (Phi) is 12.5. The second-order valence-corrected chi connectivity index (χ2v) is 10.8. The number of anilines is 1. The Balaban J connectivity index is 0.00000237. The van der Waals surface area contributed by atoms with E-state index in [4.69, 9.17) is 14.2 Å². The van der Waals surface area contributed by atoms with Gasteiger partial charge in [-0.2, -0.15) is 0 Å². The van der Waals surface area contributed by atoms with Gasteiger partial charge >= 0.3 is 0 Å². The highest BCUT2D eigenvalue weighted by atomic mass is 32.2. The highest BCUT2D eigenvalue weighted by Gasteiger charge is 2.17. The molecule has 0 unspecified atom stereocenters. The molecule has 7 nitrogen and oxygen atoms in total. The molecular weight excluding hydrogens is 548 g/mol. The molecule has 4 rings (SSSR count). The predicted octanol–water partition coefficient (Wildman–Crippen LogP) is 7.26. The Morgan fingerprint density at radius 2 is 1.36 bits per heavy atom. The number of nitrogens with zero attached hydrogens (tertiary/aromatic N) is 1. The number of ether oxygens (including phenoxy) is 3. The zero-order chi connectivity index (χ0) is 30.4. The zero-order valence-corrected chi connectivity index (χ0v) is 25.6. The fourth-order valence-electron chi connectivity index (χ4n) is 4.33. The van der Waals surface area contributed by atoms with Crippen LogP contribution in [0, 0.1) is 0 Å². The van der Waals surface area contributed by atoms with Crippen molar-refractivity contribution >= 4 is 21.8 Å². The molecule has 0 saturated heterocycles. The van der Waals surface area contributed by atoms with E-state index in [1.54, 1.807) is 62.8 Å². The Bertz CT molecular complexity index is 1470. The minimum absolute atomic E-state index is 0.182. The smallest absolute Gasteiger partial charge is 0.261 e. The van der Waals surface area contributed by atoms with Gasteiger partial charge < -0.3 is 14.2 Å². The van der Waals surface area contributed by atoms with Gasteiger partial charge in [-0.25, -0.2) is 8.42 Å². The lowest BCUT2D eigenvalue weighted by Crippen LogP contribution is -2.28. The van der Waals surface area contributed by atoms with Crippen LogP contribution in [0.15, 0.2) is 109 Å². The van der Waals surface area contributed by atoms with E-state index in [1.165, 1.54) is 0 Å². The largest absolute Gasteiger partial charge is 0.497 e. The fourth-order valence-corrected chi connectivity index (χ4v) is 5.43. The quantitative estimate of drug-likeness (QED) is 0.167. The van der Waals surface area contributed by atoms with E-state index < -0.39 is 10.0 Å². The second kappa shape index (κ2) is 16.2. The van der Waals surface area contributed by atoms with Crippen molar-refractivity contribution < 1.29 is 22.6 Å². The number of rotatable bonds is 14.